The lowest BCUT2D eigenvalue weighted by atomic mass is 9.97. The molecule has 1 atom stereocenters. The van der Waals surface area contributed by atoms with E-state index >= 15 is 0 Å². The number of amides is 1. The fourth-order valence-corrected chi connectivity index (χ4v) is 3.45. The summed E-state index contributed by atoms with van der Waals surface area (Å²) in [7, 11) is 0. The number of hydrogen-bond donors (Lipinski definition) is 0. The number of unbranched alkanes of at least 4 members (excludes halogenated alkanes) is 1. The Bertz CT molecular complexity index is 765. The van der Waals surface area contributed by atoms with E-state index in [1.165, 1.54) is 10.6 Å². The van der Waals surface area contributed by atoms with Crippen molar-refractivity contribution < 1.29 is 4.79 Å². The Balaban J connectivity index is 1.67. The van der Waals surface area contributed by atoms with Crippen LogP contribution in [0.3, 0.4) is 0 Å². The monoisotopic (exact) mass is 342 g/mol. The van der Waals surface area contributed by atoms with Gasteiger partial charge in [0.25, 0.3) is 5.56 Å². The first-order valence-electron chi connectivity index (χ1n) is 9.13. The van der Waals surface area contributed by atoms with Gasteiger partial charge in [-0.2, -0.15) is 0 Å². The van der Waals surface area contributed by atoms with Crippen LogP contribution in [0.1, 0.15) is 44.3 Å². The fraction of sp³-hybridized carbons (Fsp3) is 0.526. The summed E-state index contributed by atoms with van der Waals surface area (Å²) >= 11 is 0. The molecule has 1 saturated heterocycles. The molecule has 0 bridgehead atoms. The van der Waals surface area contributed by atoms with Crippen LogP contribution in [0.2, 0.25) is 0 Å². The van der Waals surface area contributed by atoms with Crippen LogP contribution in [-0.2, 0) is 17.9 Å². The van der Waals surface area contributed by atoms with Gasteiger partial charge in [-0.25, -0.2) is 4.98 Å². The van der Waals surface area contributed by atoms with Crippen molar-refractivity contribution >= 4 is 5.91 Å². The maximum absolute atomic E-state index is 12.6. The number of piperidine rings is 1. The lowest BCUT2D eigenvalue weighted by molar-refractivity contribution is -0.133. The Morgan fingerprint density at radius 1 is 1.28 bits per heavy atom. The maximum Gasteiger partial charge on any atom is 0.250 e. The number of hydrogen-bond acceptors (Lipinski definition) is 3. The van der Waals surface area contributed by atoms with E-state index in [1.807, 2.05) is 17.3 Å². The molecule has 0 aromatic carbocycles. The van der Waals surface area contributed by atoms with E-state index in [-0.39, 0.29) is 23.9 Å². The molecule has 1 amide bonds. The summed E-state index contributed by atoms with van der Waals surface area (Å²) in [5, 5.41) is 0. The molecule has 134 valence electrons. The molecule has 2 aromatic heterocycles. The average molecular weight is 342 g/mol. The van der Waals surface area contributed by atoms with Crippen molar-refractivity contribution in [1.29, 1.82) is 0 Å². The highest BCUT2D eigenvalue weighted by Crippen LogP contribution is 2.26. The van der Waals surface area contributed by atoms with Crippen molar-refractivity contribution in [3.8, 4) is 0 Å². The molecule has 0 saturated carbocycles. The maximum atomic E-state index is 12.6. The van der Waals surface area contributed by atoms with Crippen LogP contribution in [0.4, 0.5) is 0 Å². The summed E-state index contributed by atoms with van der Waals surface area (Å²) in [4.78, 5) is 30.9. The predicted molar refractivity (Wildman–Crippen MR) is 96.4 cm³/mol. The molecule has 6 nitrogen and oxygen atoms in total. The van der Waals surface area contributed by atoms with Gasteiger partial charge < -0.3 is 14.0 Å². The third kappa shape index (κ3) is 4.18. The molecule has 0 N–H and O–H groups in total. The highest BCUT2D eigenvalue weighted by molar-refractivity contribution is 5.76. The lowest BCUT2D eigenvalue weighted by Gasteiger charge is -2.33. The molecule has 0 radical (unpaired) electrons. The topological polar surface area (TPSA) is 60.1 Å². The van der Waals surface area contributed by atoms with Crippen molar-refractivity contribution in [2.45, 2.75) is 51.6 Å². The molecule has 1 aliphatic rings. The van der Waals surface area contributed by atoms with Gasteiger partial charge in [0.05, 0.1) is 0 Å². The normalized spacial score (nSPS) is 17.6. The minimum absolute atomic E-state index is 0.00432. The summed E-state index contributed by atoms with van der Waals surface area (Å²) in [6, 6.07) is 4.95. The fourth-order valence-electron chi connectivity index (χ4n) is 3.45. The molecule has 1 aliphatic heterocycles. The minimum Gasteiger partial charge on any atom is -0.340 e. The number of carbonyl (C=O) groups excluding carboxylic acids is 1. The molecule has 0 unspecified atom stereocenters. The number of imidazole rings is 1. The van der Waals surface area contributed by atoms with Gasteiger partial charge >= 0.3 is 0 Å². The van der Waals surface area contributed by atoms with Crippen molar-refractivity contribution in [1.82, 2.24) is 19.0 Å². The summed E-state index contributed by atoms with van der Waals surface area (Å²) in [5.74, 6) is 1.37. The van der Waals surface area contributed by atoms with Crippen LogP contribution >= 0.6 is 0 Å². The molecule has 0 aliphatic carbocycles. The first kappa shape index (κ1) is 17.5. The molecule has 3 heterocycles. The van der Waals surface area contributed by atoms with Gasteiger partial charge in [0, 0.05) is 50.2 Å². The zero-order valence-electron chi connectivity index (χ0n) is 14.8. The number of likely N-dealkylation sites (tertiary alicyclic amines) is 1. The van der Waals surface area contributed by atoms with Gasteiger partial charge in [0.2, 0.25) is 5.91 Å². The van der Waals surface area contributed by atoms with Gasteiger partial charge in [-0.1, -0.05) is 19.4 Å². The van der Waals surface area contributed by atoms with Gasteiger partial charge in [-0.3, -0.25) is 9.59 Å². The minimum atomic E-state index is -0.139. The van der Waals surface area contributed by atoms with E-state index < -0.39 is 0 Å². The Hall–Kier alpha value is -2.37. The SMILES string of the molecule is CCCCn1ccnc1[C@@H]1CCCN(C(=O)Cn2ccccc2=O)C1. The third-order valence-corrected chi connectivity index (χ3v) is 4.84. The highest BCUT2D eigenvalue weighted by Gasteiger charge is 2.27. The number of aryl methyl sites for hydroxylation is 1. The van der Waals surface area contributed by atoms with Crippen LogP contribution in [0.15, 0.2) is 41.6 Å². The molecular weight excluding hydrogens is 316 g/mol. The van der Waals surface area contributed by atoms with E-state index in [4.69, 9.17) is 0 Å². The Kier molecular flexibility index (Phi) is 5.68. The summed E-state index contributed by atoms with van der Waals surface area (Å²) < 4.78 is 3.69. The zero-order valence-corrected chi connectivity index (χ0v) is 14.8. The summed E-state index contributed by atoms with van der Waals surface area (Å²) in [6.07, 6.45) is 9.87. The zero-order chi connectivity index (χ0) is 17.6. The van der Waals surface area contributed by atoms with Gasteiger partial charge in [0.1, 0.15) is 12.4 Å². The van der Waals surface area contributed by atoms with Crippen molar-refractivity contribution in [3.05, 3.63) is 53.0 Å². The van der Waals surface area contributed by atoms with Crippen LogP contribution in [0.25, 0.3) is 0 Å². The van der Waals surface area contributed by atoms with Crippen LogP contribution in [-0.4, -0.2) is 38.0 Å². The van der Waals surface area contributed by atoms with Crippen molar-refractivity contribution in [2.24, 2.45) is 0 Å². The molecular formula is C19H26N4O2. The largest absolute Gasteiger partial charge is 0.340 e. The van der Waals surface area contributed by atoms with E-state index in [9.17, 15) is 9.59 Å². The van der Waals surface area contributed by atoms with Crippen LogP contribution in [0, 0.1) is 0 Å². The third-order valence-electron chi connectivity index (χ3n) is 4.84. The van der Waals surface area contributed by atoms with Gasteiger partial charge in [-0.05, 0) is 25.3 Å². The van der Waals surface area contributed by atoms with E-state index in [1.54, 1.807) is 18.3 Å². The number of nitrogens with zero attached hydrogens (tertiary/aromatic N) is 4. The van der Waals surface area contributed by atoms with Crippen LogP contribution < -0.4 is 5.56 Å². The summed E-state index contributed by atoms with van der Waals surface area (Å²) in [5.41, 5.74) is -0.139. The number of pyridine rings is 1. The molecule has 25 heavy (non-hydrogen) atoms. The Morgan fingerprint density at radius 2 is 2.16 bits per heavy atom. The molecule has 1 fully saturated rings. The molecule has 3 rings (SSSR count). The second-order valence-corrected chi connectivity index (χ2v) is 6.68. The van der Waals surface area contributed by atoms with Crippen molar-refractivity contribution in [3.63, 3.8) is 0 Å². The van der Waals surface area contributed by atoms with Gasteiger partial charge in [-0.15, -0.1) is 0 Å². The average Bonchev–Trinajstić information content (AvgIpc) is 3.10. The van der Waals surface area contributed by atoms with E-state index in [0.29, 0.717) is 6.54 Å². The molecule has 2 aromatic rings. The number of aromatic nitrogens is 3. The number of carbonyl (C=O) groups is 1. The lowest BCUT2D eigenvalue weighted by Crippen LogP contribution is -2.42. The smallest absolute Gasteiger partial charge is 0.250 e. The standard InChI is InChI=1S/C19H26N4O2/c1-2-3-10-21-13-9-20-19(21)16-7-6-12-22(14-16)18(25)15-23-11-5-4-8-17(23)24/h4-5,8-9,11,13,16H,2-3,6-7,10,12,14-15H2,1H3/t16-/m1/s1. The van der Waals surface area contributed by atoms with E-state index in [2.05, 4.69) is 16.5 Å². The number of rotatable bonds is 6. The highest BCUT2D eigenvalue weighted by atomic mass is 16.2. The summed E-state index contributed by atoms with van der Waals surface area (Å²) in [6.45, 7) is 4.71. The molecule has 6 heteroatoms. The Labute approximate surface area is 148 Å². The predicted octanol–water partition coefficient (Wildman–Crippen LogP) is 2.25. The second-order valence-electron chi connectivity index (χ2n) is 6.68. The molecule has 0 spiro atoms. The Morgan fingerprint density at radius 3 is 2.96 bits per heavy atom. The first-order valence-corrected chi connectivity index (χ1v) is 9.13. The quantitative estimate of drug-likeness (QED) is 0.809. The second kappa shape index (κ2) is 8.14. The van der Waals surface area contributed by atoms with E-state index in [0.717, 1.165) is 44.6 Å². The van der Waals surface area contributed by atoms with Crippen molar-refractivity contribution in [2.75, 3.05) is 13.1 Å². The van der Waals surface area contributed by atoms with Gasteiger partial charge in [0.15, 0.2) is 0 Å². The first-order chi connectivity index (χ1) is 12.2. The van der Waals surface area contributed by atoms with Crippen LogP contribution in [0.5, 0.6) is 0 Å².